The summed E-state index contributed by atoms with van der Waals surface area (Å²) < 4.78 is 0. The Balaban J connectivity index is 2.19. The predicted molar refractivity (Wildman–Crippen MR) is 67.5 cm³/mol. The van der Waals surface area contributed by atoms with E-state index >= 15 is 0 Å². The fourth-order valence-electron chi connectivity index (χ4n) is 3.97. The molecule has 0 aliphatic heterocycles. The van der Waals surface area contributed by atoms with Crippen LogP contribution >= 0.6 is 0 Å². The Hall–Kier alpha value is -0.570. The standard InChI is InChI=1S/C14H25NO2/c1-12(2)9-6-7-14(5,8-9)10(12)15-11(16)13(3,4)17/h9-10,17H,6-8H2,1-5H3,(H,15,16). The van der Waals surface area contributed by atoms with E-state index in [0.29, 0.717) is 5.92 Å². The molecule has 2 N–H and O–H groups in total. The van der Waals surface area contributed by atoms with Gasteiger partial charge in [0.05, 0.1) is 0 Å². The second-order valence-electron chi connectivity index (χ2n) is 7.38. The number of amides is 1. The van der Waals surface area contributed by atoms with Crippen molar-refractivity contribution in [3.63, 3.8) is 0 Å². The van der Waals surface area contributed by atoms with Crippen LogP contribution in [-0.4, -0.2) is 22.7 Å². The van der Waals surface area contributed by atoms with Crippen LogP contribution in [0.15, 0.2) is 0 Å². The van der Waals surface area contributed by atoms with Gasteiger partial charge in [-0.15, -0.1) is 0 Å². The Bertz CT molecular complexity index is 338. The lowest BCUT2D eigenvalue weighted by molar-refractivity contribution is -0.139. The van der Waals surface area contributed by atoms with Crippen LogP contribution in [0.25, 0.3) is 0 Å². The largest absolute Gasteiger partial charge is 0.381 e. The summed E-state index contributed by atoms with van der Waals surface area (Å²) in [5.74, 6) is 0.462. The lowest BCUT2D eigenvalue weighted by Gasteiger charge is -2.43. The van der Waals surface area contributed by atoms with Crippen LogP contribution < -0.4 is 5.32 Å². The van der Waals surface area contributed by atoms with Crippen molar-refractivity contribution < 1.29 is 9.90 Å². The Morgan fingerprint density at radius 3 is 2.35 bits per heavy atom. The first kappa shape index (κ1) is 12.9. The third kappa shape index (κ3) is 1.88. The van der Waals surface area contributed by atoms with Gasteiger partial charge in [-0.3, -0.25) is 4.79 Å². The molecule has 0 aromatic carbocycles. The summed E-state index contributed by atoms with van der Waals surface area (Å²) >= 11 is 0. The quantitative estimate of drug-likeness (QED) is 0.775. The molecular weight excluding hydrogens is 214 g/mol. The van der Waals surface area contributed by atoms with Crippen molar-refractivity contribution in [2.24, 2.45) is 16.7 Å². The summed E-state index contributed by atoms with van der Waals surface area (Å²) in [5.41, 5.74) is -0.919. The summed E-state index contributed by atoms with van der Waals surface area (Å²) in [5, 5.41) is 12.9. The summed E-state index contributed by atoms with van der Waals surface area (Å²) in [4.78, 5) is 12.0. The van der Waals surface area contributed by atoms with E-state index in [4.69, 9.17) is 0 Å². The average Bonchev–Trinajstić information content (AvgIpc) is 2.62. The van der Waals surface area contributed by atoms with Crippen molar-refractivity contribution in [1.29, 1.82) is 0 Å². The molecule has 2 saturated carbocycles. The van der Waals surface area contributed by atoms with Crippen LogP contribution in [0.2, 0.25) is 0 Å². The van der Waals surface area contributed by atoms with Gasteiger partial charge >= 0.3 is 0 Å². The number of hydrogen-bond acceptors (Lipinski definition) is 2. The van der Waals surface area contributed by atoms with Gasteiger partial charge in [-0.1, -0.05) is 20.8 Å². The van der Waals surface area contributed by atoms with Crippen molar-refractivity contribution in [3.05, 3.63) is 0 Å². The molecule has 0 saturated heterocycles. The van der Waals surface area contributed by atoms with E-state index in [1.807, 2.05) is 0 Å². The molecule has 17 heavy (non-hydrogen) atoms. The van der Waals surface area contributed by atoms with Gasteiger partial charge in [0, 0.05) is 6.04 Å². The zero-order valence-corrected chi connectivity index (χ0v) is 11.6. The molecule has 0 spiro atoms. The topological polar surface area (TPSA) is 49.3 Å². The van der Waals surface area contributed by atoms with E-state index in [9.17, 15) is 9.90 Å². The highest BCUT2D eigenvalue weighted by Gasteiger charge is 2.60. The van der Waals surface area contributed by atoms with Crippen molar-refractivity contribution in [1.82, 2.24) is 5.32 Å². The minimum absolute atomic E-state index is 0.147. The Labute approximate surface area is 104 Å². The molecule has 0 aromatic heterocycles. The first-order valence-corrected chi connectivity index (χ1v) is 6.61. The molecule has 2 bridgehead atoms. The van der Waals surface area contributed by atoms with E-state index in [2.05, 4.69) is 26.1 Å². The fraction of sp³-hybridized carbons (Fsp3) is 0.929. The van der Waals surface area contributed by atoms with Crippen molar-refractivity contribution >= 4 is 5.91 Å². The van der Waals surface area contributed by atoms with Crippen molar-refractivity contribution in [2.45, 2.75) is 65.5 Å². The molecule has 1 amide bonds. The lowest BCUT2D eigenvalue weighted by Crippen LogP contribution is -2.56. The highest BCUT2D eigenvalue weighted by atomic mass is 16.3. The van der Waals surface area contributed by atoms with E-state index in [1.165, 1.54) is 19.3 Å². The zero-order valence-electron chi connectivity index (χ0n) is 11.6. The molecule has 0 radical (unpaired) electrons. The number of hydrogen-bond donors (Lipinski definition) is 2. The fourth-order valence-corrected chi connectivity index (χ4v) is 3.97. The molecule has 2 aliphatic carbocycles. The van der Waals surface area contributed by atoms with Crippen LogP contribution in [0.1, 0.15) is 53.9 Å². The van der Waals surface area contributed by atoms with Gasteiger partial charge in [-0.2, -0.15) is 0 Å². The third-order valence-electron chi connectivity index (χ3n) is 5.10. The monoisotopic (exact) mass is 239 g/mol. The van der Waals surface area contributed by atoms with E-state index in [0.717, 1.165) is 0 Å². The number of aliphatic hydroxyl groups is 1. The Morgan fingerprint density at radius 2 is 1.94 bits per heavy atom. The molecule has 0 heterocycles. The maximum Gasteiger partial charge on any atom is 0.251 e. The second-order valence-corrected chi connectivity index (χ2v) is 7.38. The van der Waals surface area contributed by atoms with Crippen molar-refractivity contribution in [2.75, 3.05) is 0 Å². The number of nitrogens with one attached hydrogen (secondary N) is 1. The van der Waals surface area contributed by atoms with E-state index in [1.54, 1.807) is 13.8 Å². The molecule has 0 aromatic rings. The summed E-state index contributed by atoms with van der Waals surface area (Å²) in [6.45, 7) is 9.86. The summed E-state index contributed by atoms with van der Waals surface area (Å²) in [6, 6.07) is 0.188. The molecule has 3 atom stereocenters. The van der Waals surface area contributed by atoms with Gasteiger partial charge in [0.25, 0.3) is 5.91 Å². The van der Waals surface area contributed by atoms with Gasteiger partial charge in [-0.05, 0) is 49.9 Å². The smallest absolute Gasteiger partial charge is 0.251 e. The summed E-state index contributed by atoms with van der Waals surface area (Å²) in [6.07, 6.45) is 3.67. The van der Waals surface area contributed by atoms with Gasteiger partial charge in [0.1, 0.15) is 5.60 Å². The van der Waals surface area contributed by atoms with Gasteiger partial charge in [0.2, 0.25) is 0 Å². The number of carbonyl (C=O) groups is 1. The minimum Gasteiger partial charge on any atom is -0.381 e. The molecule has 98 valence electrons. The third-order valence-corrected chi connectivity index (χ3v) is 5.10. The van der Waals surface area contributed by atoms with Gasteiger partial charge < -0.3 is 10.4 Å². The minimum atomic E-state index is -1.28. The van der Waals surface area contributed by atoms with E-state index < -0.39 is 5.60 Å². The molecule has 3 nitrogen and oxygen atoms in total. The molecular formula is C14H25NO2. The maximum absolute atomic E-state index is 12.0. The van der Waals surface area contributed by atoms with Crippen LogP contribution in [0.3, 0.4) is 0 Å². The molecule has 2 rings (SSSR count). The van der Waals surface area contributed by atoms with Crippen molar-refractivity contribution in [3.8, 4) is 0 Å². The number of carbonyl (C=O) groups excluding carboxylic acids is 1. The van der Waals surface area contributed by atoms with Gasteiger partial charge in [-0.25, -0.2) is 0 Å². The van der Waals surface area contributed by atoms with Crippen LogP contribution in [0.4, 0.5) is 0 Å². The molecule has 2 aliphatic rings. The first-order valence-electron chi connectivity index (χ1n) is 6.61. The Morgan fingerprint density at radius 1 is 1.35 bits per heavy atom. The molecule has 2 fully saturated rings. The lowest BCUT2D eigenvalue weighted by atomic mass is 9.68. The highest BCUT2D eigenvalue weighted by Crippen LogP contribution is 2.62. The average molecular weight is 239 g/mol. The SMILES string of the molecule is CC(C)(O)C(=O)NC1C2(C)CCC(C2)C1(C)C. The number of fused-ring (bicyclic) bond motifs is 2. The normalized spacial score (nSPS) is 39.4. The first-order chi connectivity index (χ1) is 7.57. The zero-order chi connectivity index (χ0) is 13.1. The second kappa shape index (κ2) is 3.47. The Kier molecular flexibility index (Phi) is 2.63. The highest BCUT2D eigenvalue weighted by molar-refractivity contribution is 5.84. The van der Waals surface area contributed by atoms with Crippen LogP contribution in [0, 0.1) is 16.7 Å². The van der Waals surface area contributed by atoms with Crippen LogP contribution in [-0.2, 0) is 4.79 Å². The molecule has 3 heteroatoms. The number of rotatable bonds is 2. The molecule has 3 unspecified atom stereocenters. The maximum atomic E-state index is 12.0. The predicted octanol–water partition coefficient (Wildman–Crippen LogP) is 2.09. The summed E-state index contributed by atoms with van der Waals surface area (Å²) in [7, 11) is 0. The van der Waals surface area contributed by atoms with Crippen LogP contribution in [0.5, 0.6) is 0 Å². The van der Waals surface area contributed by atoms with E-state index in [-0.39, 0.29) is 22.8 Å². The van der Waals surface area contributed by atoms with Gasteiger partial charge in [0.15, 0.2) is 0 Å².